The Bertz CT molecular complexity index is 194. The van der Waals surface area contributed by atoms with Gasteiger partial charge in [-0.15, -0.1) is 0 Å². The van der Waals surface area contributed by atoms with Crippen molar-refractivity contribution in [3.05, 3.63) is 0 Å². The van der Waals surface area contributed by atoms with Gasteiger partial charge in [0.15, 0.2) is 0 Å². The van der Waals surface area contributed by atoms with Crippen LogP contribution in [-0.4, -0.2) is 29.9 Å². The lowest BCUT2D eigenvalue weighted by Crippen LogP contribution is -2.43. The minimum absolute atomic E-state index is 0.0307. The highest BCUT2D eigenvalue weighted by atomic mass is 16.1. The molecule has 0 aromatic rings. The Morgan fingerprint density at radius 1 is 1.57 bits per heavy atom. The second-order valence-electron chi connectivity index (χ2n) is 4.26. The Balaban J connectivity index is 2.43. The van der Waals surface area contributed by atoms with Crippen LogP contribution in [0.4, 0.5) is 0 Å². The first-order valence-electron chi connectivity index (χ1n) is 5.72. The van der Waals surface area contributed by atoms with Gasteiger partial charge in [-0.2, -0.15) is 0 Å². The van der Waals surface area contributed by atoms with Gasteiger partial charge >= 0.3 is 0 Å². The number of rotatable bonds is 5. The molecule has 82 valence electrons. The van der Waals surface area contributed by atoms with Crippen molar-refractivity contribution in [1.82, 2.24) is 4.90 Å². The first-order chi connectivity index (χ1) is 6.69. The second kappa shape index (κ2) is 5.35. The quantitative estimate of drug-likeness (QED) is 0.725. The molecule has 0 aliphatic carbocycles. The van der Waals surface area contributed by atoms with Crippen molar-refractivity contribution in [2.24, 2.45) is 11.7 Å². The third kappa shape index (κ3) is 2.71. The highest BCUT2D eigenvalue weighted by Crippen LogP contribution is 2.23. The summed E-state index contributed by atoms with van der Waals surface area (Å²) >= 11 is 0. The summed E-state index contributed by atoms with van der Waals surface area (Å²) in [7, 11) is 0. The monoisotopic (exact) mass is 198 g/mol. The molecular formula is C11H22N2O. The van der Waals surface area contributed by atoms with E-state index in [4.69, 9.17) is 5.73 Å². The van der Waals surface area contributed by atoms with Crippen LogP contribution in [-0.2, 0) is 4.79 Å². The molecule has 1 heterocycles. The SMILES string of the molecule is CCCC1CCN(C(CC)C(N)=O)C1. The zero-order chi connectivity index (χ0) is 10.6. The number of likely N-dealkylation sites (tertiary alicyclic amines) is 1. The number of nitrogens with zero attached hydrogens (tertiary/aromatic N) is 1. The topological polar surface area (TPSA) is 46.3 Å². The van der Waals surface area contributed by atoms with Crippen LogP contribution in [0.2, 0.25) is 0 Å². The van der Waals surface area contributed by atoms with Gasteiger partial charge in [-0.05, 0) is 31.7 Å². The average Bonchev–Trinajstić information content (AvgIpc) is 2.54. The molecule has 3 nitrogen and oxygen atoms in total. The van der Waals surface area contributed by atoms with Gasteiger partial charge in [0.2, 0.25) is 5.91 Å². The molecule has 2 atom stereocenters. The van der Waals surface area contributed by atoms with E-state index in [2.05, 4.69) is 11.8 Å². The summed E-state index contributed by atoms with van der Waals surface area (Å²) in [6, 6.07) is -0.0307. The first kappa shape index (κ1) is 11.5. The van der Waals surface area contributed by atoms with E-state index in [0.717, 1.165) is 25.4 Å². The van der Waals surface area contributed by atoms with E-state index in [1.807, 2.05) is 6.92 Å². The summed E-state index contributed by atoms with van der Waals surface area (Å²) in [6.07, 6.45) is 4.60. The third-order valence-electron chi connectivity index (χ3n) is 3.17. The molecule has 0 aromatic heterocycles. The summed E-state index contributed by atoms with van der Waals surface area (Å²) in [6.45, 7) is 6.36. The molecule has 1 rings (SSSR count). The molecule has 14 heavy (non-hydrogen) atoms. The molecule has 0 saturated carbocycles. The minimum atomic E-state index is -0.162. The number of amides is 1. The van der Waals surface area contributed by atoms with Crippen molar-refractivity contribution in [2.45, 2.75) is 45.6 Å². The first-order valence-corrected chi connectivity index (χ1v) is 5.72. The lowest BCUT2D eigenvalue weighted by molar-refractivity contribution is -0.123. The summed E-state index contributed by atoms with van der Waals surface area (Å²) in [5.74, 6) is 0.623. The van der Waals surface area contributed by atoms with Gasteiger partial charge in [0.25, 0.3) is 0 Å². The highest BCUT2D eigenvalue weighted by Gasteiger charge is 2.29. The maximum Gasteiger partial charge on any atom is 0.234 e. The van der Waals surface area contributed by atoms with Gasteiger partial charge in [0.1, 0.15) is 0 Å². The van der Waals surface area contributed by atoms with Crippen LogP contribution in [0.5, 0.6) is 0 Å². The van der Waals surface area contributed by atoms with E-state index >= 15 is 0 Å². The van der Waals surface area contributed by atoms with Crippen LogP contribution < -0.4 is 5.73 Å². The van der Waals surface area contributed by atoms with Crippen LogP contribution in [0, 0.1) is 5.92 Å². The Morgan fingerprint density at radius 3 is 2.79 bits per heavy atom. The minimum Gasteiger partial charge on any atom is -0.368 e. The van der Waals surface area contributed by atoms with Gasteiger partial charge in [0, 0.05) is 6.54 Å². The van der Waals surface area contributed by atoms with E-state index in [9.17, 15) is 4.79 Å². The molecule has 2 unspecified atom stereocenters. The van der Waals surface area contributed by atoms with Gasteiger partial charge < -0.3 is 5.73 Å². The van der Waals surface area contributed by atoms with Crippen molar-refractivity contribution >= 4 is 5.91 Å². The third-order valence-corrected chi connectivity index (χ3v) is 3.17. The van der Waals surface area contributed by atoms with Crippen molar-refractivity contribution in [2.75, 3.05) is 13.1 Å². The van der Waals surface area contributed by atoms with Crippen LogP contribution in [0.1, 0.15) is 39.5 Å². The van der Waals surface area contributed by atoms with Crippen molar-refractivity contribution in [1.29, 1.82) is 0 Å². The Kier molecular flexibility index (Phi) is 4.39. The number of hydrogen-bond donors (Lipinski definition) is 1. The van der Waals surface area contributed by atoms with Crippen molar-refractivity contribution in [3.8, 4) is 0 Å². The molecule has 2 N–H and O–H groups in total. The fourth-order valence-corrected chi connectivity index (χ4v) is 2.43. The molecule has 1 amide bonds. The number of carbonyl (C=O) groups is 1. The van der Waals surface area contributed by atoms with E-state index in [1.54, 1.807) is 0 Å². The maximum atomic E-state index is 11.2. The molecule has 0 spiro atoms. The maximum absolute atomic E-state index is 11.2. The van der Waals surface area contributed by atoms with Crippen LogP contribution >= 0.6 is 0 Å². The molecule has 0 bridgehead atoms. The molecule has 3 heteroatoms. The summed E-state index contributed by atoms with van der Waals surface area (Å²) in [5.41, 5.74) is 5.37. The largest absolute Gasteiger partial charge is 0.368 e. The summed E-state index contributed by atoms with van der Waals surface area (Å²) in [4.78, 5) is 13.4. The molecule has 0 aromatic carbocycles. The predicted molar refractivity (Wildman–Crippen MR) is 57.9 cm³/mol. The number of primary amides is 1. The summed E-state index contributed by atoms with van der Waals surface area (Å²) < 4.78 is 0. The van der Waals surface area contributed by atoms with Gasteiger partial charge in [-0.25, -0.2) is 0 Å². The number of carbonyl (C=O) groups excluding carboxylic acids is 1. The molecule has 1 aliphatic heterocycles. The Hall–Kier alpha value is -0.570. The highest BCUT2D eigenvalue weighted by molar-refractivity contribution is 5.79. The van der Waals surface area contributed by atoms with E-state index in [1.165, 1.54) is 19.3 Å². The fraction of sp³-hybridized carbons (Fsp3) is 0.909. The van der Waals surface area contributed by atoms with Gasteiger partial charge in [0.05, 0.1) is 6.04 Å². The second-order valence-corrected chi connectivity index (χ2v) is 4.26. The predicted octanol–water partition coefficient (Wildman–Crippen LogP) is 1.37. The zero-order valence-corrected chi connectivity index (χ0v) is 9.33. The van der Waals surface area contributed by atoms with Crippen LogP contribution in [0.15, 0.2) is 0 Å². The standard InChI is InChI=1S/C11H22N2O/c1-3-5-9-6-7-13(8-9)10(4-2)11(12)14/h9-10H,3-8H2,1-2H3,(H2,12,14). The van der Waals surface area contributed by atoms with E-state index in [-0.39, 0.29) is 11.9 Å². The molecule has 1 saturated heterocycles. The molecule has 1 aliphatic rings. The van der Waals surface area contributed by atoms with Crippen LogP contribution in [0.3, 0.4) is 0 Å². The Labute approximate surface area is 86.6 Å². The van der Waals surface area contributed by atoms with E-state index in [0.29, 0.717) is 0 Å². The smallest absolute Gasteiger partial charge is 0.234 e. The molecule has 0 radical (unpaired) electrons. The fourth-order valence-electron chi connectivity index (χ4n) is 2.43. The normalized spacial score (nSPS) is 25.1. The van der Waals surface area contributed by atoms with Crippen molar-refractivity contribution < 1.29 is 4.79 Å². The van der Waals surface area contributed by atoms with Crippen molar-refractivity contribution in [3.63, 3.8) is 0 Å². The van der Waals surface area contributed by atoms with Crippen LogP contribution in [0.25, 0.3) is 0 Å². The van der Waals surface area contributed by atoms with E-state index < -0.39 is 0 Å². The number of hydrogen-bond acceptors (Lipinski definition) is 2. The lowest BCUT2D eigenvalue weighted by Gasteiger charge is -2.23. The molecular weight excluding hydrogens is 176 g/mol. The lowest BCUT2D eigenvalue weighted by atomic mass is 10.0. The average molecular weight is 198 g/mol. The van der Waals surface area contributed by atoms with Gasteiger partial charge in [-0.1, -0.05) is 20.3 Å². The summed E-state index contributed by atoms with van der Waals surface area (Å²) in [5, 5.41) is 0. The van der Waals surface area contributed by atoms with Gasteiger partial charge in [-0.3, -0.25) is 9.69 Å². The molecule has 1 fully saturated rings. The zero-order valence-electron chi connectivity index (χ0n) is 9.33. The Morgan fingerprint density at radius 2 is 2.29 bits per heavy atom. The number of nitrogens with two attached hydrogens (primary N) is 1.